The molecule has 0 amide bonds. The molecule has 2 rings (SSSR count). The van der Waals surface area contributed by atoms with Gasteiger partial charge in [0, 0.05) is 0 Å². The lowest BCUT2D eigenvalue weighted by Gasteiger charge is -2.28. The predicted octanol–water partition coefficient (Wildman–Crippen LogP) is 4.41. The molecule has 0 radical (unpaired) electrons. The van der Waals surface area contributed by atoms with Crippen molar-refractivity contribution >= 4 is 8.07 Å². The molecule has 1 nitrogen and oxygen atoms in total. The summed E-state index contributed by atoms with van der Waals surface area (Å²) in [6.07, 6.45) is 4.18. The van der Waals surface area contributed by atoms with Crippen LogP contribution in [0.1, 0.15) is 44.7 Å². The van der Waals surface area contributed by atoms with E-state index in [1.807, 2.05) is 0 Å². The fourth-order valence-corrected chi connectivity index (χ4v) is 6.26. The maximum atomic E-state index is 2.69. The van der Waals surface area contributed by atoms with Crippen LogP contribution in [-0.2, 0) is 11.5 Å². The topological polar surface area (TPSA) is 3.24 Å². The Labute approximate surface area is 126 Å². The highest BCUT2D eigenvalue weighted by Crippen LogP contribution is 2.23. The molecule has 0 saturated carbocycles. The molecule has 0 unspecified atom stereocenters. The highest BCUT2D eigenvalue weighted by atomic mass is 28.3. The Balaban J connectivity index is 1.97. The third-order valence-electron chi connectivity index (χ3n) is 4.35. The summed E-state index contributed by atoms with van der Waals surface area (Å²) in [7, 11) is -1.15. The summed E-state index contributed by atoms with van der Waals surface area (Å²) >= 11 is 0. The average molecular weight is 290 g/mol. The molecule has 0 atom stereocenters. The summed E-state index contributed by atoms with van der Waals surface area (Å²) in [5.41, 5.74) is 3.25. The van der Waals surface area contributed by atoms with Crippen LogP contribution in [0.3, 0.4) is 0 Å². The Morgan fingerprint density at radius 2 is 1.55 bits per heavy atom. The van der Waals surface area contributed by atoms with Crippen molar-refractivity contribution in [3.05, 3.63) is 35.4 Å². The molecule has 0 spiro atoms. The molecule has 1 aliphatic rings. The molecule has 1 aromatic rings. The fraction of sp³-hybridized carbons (Fsp3) is 0.667. The van der Waals surface area contributed by atoms with E-state index in [1.165, 1.54) is 49.3 Å². The van der Waals surface area contributed by atoms with Gasteiger partial charge in [0.05, 0.1) is 8.07 Å². The highest BCUT2D eigenvalue weighted by molar-refractivity contribution is 6.77. The first-order valence-corrected chi connectivity index (χ1v) is 11.5. The maximum Gasteiger partial charge on any atom is 0.0672 e. The van der Waals surface area contributed by atoms with Gasteiger partial charge in [-0.3, -0.25) is 0 Å². The van der Waals surface area contributed by atoms with Gasteiger partial charge in [-0.1, -0.05) is 63.7 Å². The quantitative estimate of drug-likeness (QED) is 0.742. The second-order valence-corrected chi connectivity index (χ2v) is 13.3. The number of benzene rings is 1. The van der Waals surface area contributed by atoms with Gasteiger partial charge in [-0.25, -0.2) is 0 Å². The molecule has 112 valence electrons. The molecule has 0 bridgehead atoms. The average Bonchev–Trinajstić information content (AvgIpc) is 2.79. The van der Waals surface area contributed by atoms with Crippen LogP contribution >= 0.6 is 0 Å². The van der Waals surface area contributed by atoms with Gasteiger partial charge in [0.1, 0.15) is 0 Å². The SMILES string of the molecule is CC(C)(C)c1ccc(C[Si](C)(C)CN2CCCC2)cc1. The first kappa shape index (κ1) is 15.8. The van der Waals surface area contributed by atoms with Crippen molar-refractivity contribution in [3.63, 3.8) is 0 Å². The molecule has 1 aromatic carbocycles. The number of hydrogen-bond donors (Lipinski definition) is 0. The van der Waals surface area contributed by atoms with E-state index in [9.17, 15) is 0 Å². The lowest BCUT2D eigenvalue weighted by molar-refractivity contribution is 0.388. The standard InChI is InChI=1S/C18H31NSi/c1-18(2,3)17-10-8-16(9-11-17)14-20(4,5)15-19-12-6-7-13-19/h8-11H,6-7,12-15H2,1-5H3. The molecular weight excluding hydrogens is 258 g/mol. The summed E-state index contributed by atoms with van der Waals surface area (Å²) in [6, 6.07) is 10.7. The minimum atomic E-state index is -1.15. The van der Waals surface area contributed by atoms with Crippen molar-refractivity contribution in [2.75, 3.05) is 19.3 Å². The van der Waals surface area contributed by atoms with Crippen LogP contribution < -0.4 is 0 Å². The van der Waals surface area contributed by atoms with E-state index >= 15 is 0 Å². The molecule has 1 aliphatic heterocycles. The van der Waals surface area contributed by atoms with Crippen molar-refractivity contribution in [3.8, 4) is 0 Å². The first-order chi connectivity index (χ1) is 9.26. The highest BCUT2D eigenvalue weighted by Gasteiger charge is 2.26. The third-order valence-corrected chi connectivity index (χ3v) is 7.02. The zero-order chi connectivity index (χ0) is 14.8. The van der Waals surface area contributed by atoms with Gasteiger partial charge in [0.2, 0.25) is 0 Å². The lowest BCUT2D eigenvalue weighted by Crippen LogP contribution is -2.43. The zero-order valence-corrected chi connectivity index (χ0v) is 15.0. The van der Waals surface area contributed by atoms with Crippen LogP contribution in [0, 0.1) is 0 Å². The second kappa shape index (κ2) is 6.03. The van der Waals surface area contributed by atoms with Gasteiger partial charge in [0.25, 0.3) is 0 Å². The molecule has 2 heteroatoms. The Hall–Kier alpha value is -0.603. The normalized spacial score (nSPS) is 17.6. The summed E-state index contributed by atoms with van der Waals surface area (Å²) in [6.45, 7) is 14.6. The number of likely N-dealkylation sites (tertiary alicyclic amines) is 1. The summed E-state index contributed by atoms with van der Waals surface area (Å²) in [5, 5.41) is 0. The minimum absolute atomic E-state index is 0.265. The van der Waals surface area contributed by atoms with E-state index in [-0.39, 0.29) is 5.41 Å². The van der Waals surface area contributed by atoms with Crippen molar-refractivity contribution < 1.29 is 0 Å². The molecule has 0 N–H and O–H groups in total. The second-order valence-electron chi connectivity index (χ2n) is 8.27. The van der Waals surface area contributed by atoms with Crippen molar-refractivity contribution in [2.45, 2.75) is 58.2 Å². The third kappa shape index (κ3) is 4.46. The number of hydrogen-bond acceptors (Lipinski definition) is 1. The number of rotatable bonds is 4. The summed E-state index contributed by atoms with van der Waals surface area (Å²) < 4.78 is 0. The smallest absolute Gasteiger partial charge is 0.0672 e. The number of nitrogens with zero attached hydrogens (tertiary/aromatic N) is 1. The first-order valence-electron chi connectivity index (χ1n) is 8.08. The lowest BCUT2D eigenvalue weighted by atomic mass is 9.87. The zero-order valence-electron chi connectivity index (χ0n) is 14.0. The Kier molecular flexibility index (Phi) is 4.75. The largest absolute Gasteiger partial charge is 0.306 e. The van der Waals surface area contributed by atoms with Gasteiger partial charge < -0.3 is 4.90 Å². The molecule has 20 heavy (non-hydrogen) atoms. The Morgan fingerprint density at radius 1 is 1.00 bits per heavy atom. The predicted molar refractivity (Wildman–Crippen MR) is 92.0 cm³/mol. The minimum Gasteiger partial charge on any atom is -0.306 e. The van der Waals surface area contributed by atoms with E-state index in [1.54, 1.807) is 0 Å². The van der Waals surface area contributed by atoms with Crippen LogP contribution in [0.4, 0.5) is 0 Å². The van der Waals surface area contributed by atoms with Crippen LogP contribution in [0.5, 0.6) is 0 Å². The van der Waals surface area contributed by atoms with Gasteiger partial charge in [-0.15, -0.1) is 0 Å². The molecule has 1 saturated heterocycles. The molecule has 1 fully saturated rings. The van der Waals surface area contributed by atoms with E-state index < -0.39 is 8.07 Å². The van der Waals surface area contributed by atoms with Crippen molar-refractivity contribution in [2.24, 2.45) is 0 Å². The maximum absolute atomic E-state index is 2.69. The Morgan fingerprint density at radius 3 is 2.05 bits per heavy atom. The molecule has 0 aliphatic carbocycles. The van der Waals surface area contributed by atoms with E-state index in [0.717, 1.165) is 0 Å². The van der Waals surface area contributed by atoms with Gasteiger partial charge >= 0.3 is 0 Å². The van der Waals surface area contributed by atoms with E-state index in [0.29, 0.717) is 0 Å². The van der Waals surface area contributed by atoms with Gasteiger partial charge in [-0.2, -0.15) is 0 Å². The van der Waals surface area contributed by atoms with Crippen LogP contribution in [0.15, 0.2) is 24.3 Å². The molecule has 1 heterocycles. The van der Waals surface area contributed by atoms with Crippen LogP contribution in [0.25, 0.3) is 0 Å². The van der Waals surface area contributed by atoms with Gasteiger partial charge in [-0.05, 0) is 49.1 Å². The fourth-order valence-electron chi connectivity index (χ4n) is 3.28. The summed E-state index contributed by atoms with van der Waals surface area (Å²) in [5.74, 6) is 0. The van der Waals surface area contributed by atoms with Crippen LogP contribution in [0.2, 0.25) is 13.1 Å². The van der Waals surface area contributed by atoms with Crippen LogP contribution in [-0.4, -0.2) is 32.2 Å². The van der Waals surface area contributed by atoms with E-state index in [4.69, 9.17) is 0 Å². The van der Waals surface area contributed by atoms with Gasteiger partial charge in [0.15, 0.2) is 0 Å². The van der Waals surface area contributed by atoms with Crippen molar-refractivity contribution in [1.29, 1.82) is 0 Å². The molecule has 0 aromatic heterocycles. The monoisotopic (exact) mass is 289 g/mol. The molecular formula is C18H31NSi. The van der Waals surface area contributed by atoms with Crippen molar-refractivity contribution in [1.82, 2.24) is 4.90 Å². The van der Waals surface area contributed by atoms with E-state index in [2.05, 4.69) is 63.0 Å². The Bertz CT molecular complexity index is 422. The summed E-state index contributed by atoms with van der Waals surface area (Å²) in [4.78, 5) is 2.69.